The molecule has 8 aromatic carbocycles. The Morgan fingerprint density at radius 3 is 1.70 bits per heavy atom. The average molecular weight is 733 g/mol. The Morgan fingerprint density at radius 1 is 0.357 bits per heavy atom. The summed E-state index contributed by atoms with van der Waals surface area (Å²) < 4.78 is 4.97. The van der Waals surface area contributed by atoms with Crippen molar-refractivity contribution in [3.63, 3.8) is 0 Å². The number of nitrogens with zero attached hydrogens (tertiary/aromatic N) is 4. The fourth-order valence-electron chi connectivity index (χ4n) is 8.04. The number of para-hydroxylation sites is 1. The highest BCUT2D eigenvalue weighted by Gasteiger charge is 2.21. The van der Waals surface area contributed by atoms with Gasteiger partial charge in [-0.15, -0.1) is 11.3 Å². The summed E-state index contributed by atoms with van der Waals surface area (Å²) in [6, 6.07) is 68.4. The molecule has 0 radical (unpaired) electrons. The number of benzene rings is 8. The predicted octanol–water partition coefficient (Wildman–Crippen LogP) is 13.7. The second kappa shape index (κ2) is 13.3. The molecule has 56 heavy (non-hydrogen) atoms. The fourth-order valence-corrected chi connectivity index (χ4v) is 9.25. The Morgan fingerprint density at radius 2 is 0.893 bits per heavy atom. The molecule has 0 aliphatic carbocycles. The lowest BCUT2D eigenvalue weighted by Gasteiger charge is -2.12. The lowest BCUT2D eigenvalue weighted by Crippen LogP contribution is -2.01. The van der Waals surface area contributed by atoms with Crippen LogP contribution >= 0.6 is 11.3 Å². The molecule has 0 spiro atoms. The summed E-state index contributed by atoms with van der Waals surface area (Å²) in [4.78, 5) is 15.7. The molecular formula is C51H32N4S. The van der Waals surface area contributed by atoms with Gasteiger partial charge in [-0.25, -0.2) is 15.0 Å². The second-order valence-corrected chi connectivity index (χ2v) is 15.1. The molecule has 11 aromatic rings. The van der Waals surface area contributed by atoms with Crippen LogP contribution in [-0.4, -0.2) is 19.5 Å². The number of hydrogen-bond donors (Lipinski definition) is 0. The Balaban J connectivity index is 1.14. The third kappa shape index (κ3) is 5.40. The topological polar surface area (TPSA) is 43.6 Å². The van der Waals surface area contributed by atoms with Gasteiger partial charge in [-0.2, -0.15) is 0 Å². The van der Waals surface area contributed by atoms with Crippen LogP contribution in [0.3, 0.4) is 0 Å². The summed E-state index contributed by atoms with van der Waals surface area (Å²) in [5.41, 5.74) is 10.8. The molecule has 4 nitrogen and oxygen atoms in total. The molecule has 0 fully saturated rings. The normalized spacial score (nSPS) is 11.6. The maximum absolute atomic E-state index is 5.29. The van der Waals surface area contributed by atoms with E-state index in [9.17, 15) is 0 Å². The third-order valence-electron chi connectivity index (χ3n) is 10.7. The van der Waals surface area contributed by atoms with Crippen molar-refractivity contribution in [2.45, 2.75) is 0 Å². The van der Waals surface area contributed by atoms with Crippen LogP contribution in [0, 0.1) is 0 Å². The van der Waals surface area contributed by atoms with Crippen LogP contribution in [0.4, 0.5) is 0 Å². The minimum absolute atomic E-state index is 0.630. The summed E-state index contributed by atoms with van der Waals surface area (Å²) >= 11 is 1.85. The molecule has 0 aliphatic heterocycles. The molecule has 0 atom stereocenters. The minimum atomic E-state index is 0.630. The number of hydrogen-bond acceptors (Lipinski definition) is 4. The van der Waals surface area contributed by atoms with Crippen LogP contribution in [0.25, 0.3) is 104 Å². The summed E-state index contributed by atoms with van der Waals surface area (Å²) in [6.45, 7) is 0. The van der Waals surface area contributed by atoms with Crippen molar-refractivity contribution < 1.29 is 0 Å². The number of thiophene rings is 1. The first-order chi connectivity index (χ1) is 27.8. The van der Waals surface area contributed by atoms with Gasteiger partial charge in [-0.1, -0.05) is 164 Å². The number of rotatable bonds is 6. The van der Waals surface area contributed by atoms with Gasteiger partial charge in [0.15, 0.2) is 17.5 Å². The van der Waals surface area contributed by atoms with E-state index < -0.39 is 0 Å². The average Bonchev–Trinajstić information content (AvgIpc) is 3.83. The van der Waals surface area contributed by atoms with Crippen LogP contribution < -0.4 is 0 Å². The van der Waals surface area contributed by atoms with E-state index in [4.69, 9.17) is 15.0 Å². The highest BCUT2D eigenvalue weighted by Crippen LogP contribution is 2.43. The van der Waals surface area contributed by atoms with Crippen LogP contribution in [0.5, 0.6) is 0 Å². The monoisotopic (exact) mass is 732 g/mol. The van der Waals surface area contributed by atoms with Gasteiger partial charge in [0.2, 0.25) is 0 Å². The van der Waals surface area contributed by atoms with E-state index in [2.05, 4.69) is 187 Å². The first kappa shape index (κ1) is 32.2. The summed E-state index contributed by atoms with van der Waals surface area (Å²) in [5.74, 6) is 1.90. The lowest BCUT2D eigenvalue weighted by atomic mass is 10.0. The molecular weight excluding hydrogens is 701 g/mol. The Kier molecular flexibility index (Phi) is 7.64. The molecule has 0 saturated carbocycles. The molecule has 0 aliphatic rings. The van der Waals surface area contributed by atoms with Crippen molar-refractivity contribution in [1.82, 2.24) is 19.5 Å². The van der Waals surface area contributed by atoms with E-state index in [1.54, 1.807) is 0 Å². The van der Waals surface area contributed by atoms with Crippen molar-refractivity contribution in [1.29, 1.82) is 0 Å². The van der Waals surface area contributed by atoms with Crippen molar-refractivity contribution in [2.24, 2.45) is 0 Å². The van der Waals surface area contributed by atoms with E-state index >= 15 is 0 Å². The highest BCUT2D eigenvalue weighted by molar-refractivity contribution is 7.26. The van der Waals surface area contributed by atoms with E-state index in [1.165, 1.54) is 31.4 Å². The zero-order valence-electron chi connectivity index (χ0n) is 30.2. The van der Waals surface area contributed by atoms with E-state index in [0.717, 1.165) is 55.2 Å². The van der Waals surface area contributed by atoms with E-state index in [-0.39, 0.29) is 0 Å². The lowest BCUT2D eigenvalue weighted by molar-refractivity contribution is 1.08. The van der Waals surface area contributed by atoms with Gasteiger partial charge in [0.1, 0.15) is 0 Å². The minimum Gasteiger partial charge on any atom is -0.308 e. The molecule has 5 heteroatoms. The zero-order valence-corrected chi connectivity index (χ0v) is 31.0. The van der Waals surface area contributed by atoms with Crippen molar-refractivity contribution in [3.8, 4) is 62.1 Å². The smallest absolute Gasteiger partial charge is 0.164 e. The van der Waals surface area contributed by atoms with Crippen LogP contribution in [0.15, 0.2) is 194 Å². The second-order valence-electron chi connectivity index (χ2n) is 14.0. The summed E-state index contributed by atoms with van der Waals surface area (Å²) in [6.07, 6.45) is 0. The fraction of sp³-hybridized carbons (Fsp3) is 0. The van der Waals surface area contributed by atoms with Crippen LogP contribution in [0.2, 0.25) is 0 Å². The molecule has 11 rings (SSSR count). The molecule has 262 valence electrons. The largest absolute Gasteiger partial charge is 0.308 e. The van der Waals surface area contributed by atoms with Gasteiger partial charge < -0.3 is 4.57 Å². The Bertz CT molecular complexity index is 3240. The molecule has 0 N–H and O–H groups in total. The van der Waals surface area contributed by atoms with Crippen LogP contribution in [-0.2, 0) is 0 Å². The molecule has 0 unspecified atom stereocenters. The van der Waals surface area contributed by atoms with Gasteiger partial charge in [0, 0.05) is 42.9 Å². The quantitative estimate of drug-likeness (QED) is 0.171. The van der Waals surface area contributed by atoms with E-state index in [0.29, 0.717) is 17.5 Å². The first-order valence-electron chi connectivity index (χ1n) is 18.8. The number of fused-ring (bicyclic) bond motifs is 6. The Labute approximate surface area is 327 Å². The van der Waals surface area contributed by atoms with Gasteiger partial charge in [-0.05, 0) is 52.6 Å². The van der Waals surface area contributed by atoms with Gasteiger partial charge >= 0.3 is 0 Å². The zero-order chi connectivity index (χ0) is 37.0. The predicted molar refractivity (Wildman–Crippen MR) is 234 cm³/mol. The van der Waals surface area contributed by atoms with Gasteiger partial charge in [0.25, 0.3) is 0 Å². The van der Waals surface area contributed by atoms with Crippen LogP contribution in [0.1, 0.15) is 0 Å². The molecule has 0 bridgehead atoms. The summed E-state index contributed by atoms with van der Waals surface area (Å²) in [7, 11) is 0. The molecule has 0 amide bonds. The standard InChI is InChI=1S/C51H32N4S/c1-3-14-33(15-4-1)35-28-30-36(31-29-35)49-52-50(38-19-11-18-37(32-38)34-16-5-2-6-17-34)54-51(53-49)42-23-13-25-44-47(42)41-21-7-9-24-43(41)55(44)45-26-12-22-40-39-20-8-10-27-46(39)56-48(40)45/h1-32H. The summed E-state index contributed by atoms with van der Waals surface area (Å²) in [5, 5.41) is 4.82. The van der Waals surface area contributed by atoms with Gasteiger partial charge in [-0.3, -0.25) is 0 Å². The maximum atomic E-state index is 5.29. The SMILES string of the molecule is c1ccc(-c2ccc(-c3nc(-c4cccc(-c5ccccc5)c4)nc(-c4cccc5c4c4ccccc4n5-c4cccc5c4sc4ccccc45)n3)cc2)cc1. The van der Waals surface area contributed by atoms with Crippen molar-refractivity contribution in [3.05, 3.63) is 194 Å². The number of aromatic nitrogens is 4. The van der Waals surface area contributed by atoms with Gasteiger partial charge in [0.05, 0.1) is 21.4 Å². The molecule has 0 saturated heterocycles. The van der Waals surface area contributed by atoms with E-state index in [1.807, 2.05) is 23.5 Å². The van der Waals surface area contributed by atoms with Crippen molar-refractivity contribution >= 4 is 53.3 Å². The molecule has 3 aromatic heterocycles. The maximum Gasteiger partial charge on any atom is 0.164 e. The molecule has 3 heterocycles. The third-order valence-corrected chi connectivity index (χ3v) is 11.9. The first-order valence-corrected chi connectivity index (χ1v) is 19.6. The Hall–Kier alpha value is -7.21. The highest BCUT2D eigenvalue weighted by atomic mass is 32.1. The van der Waals surface area contributed by atoms with Crippen molar-refractivity contribution in [2.75, 3.05) is 0 Å².